The maximum atomic E-state index is 11.1. The number of halogens is 1. The largest absolute Gasteiger partial charge is 0.464 e. The van der Waals surface area contributed by atoms with E-state index >= 15 is 0 Å². The van der Waals surface area contributed by atoms with E-state index in [4.69, 9.17) is 16.7 Å². The van der Waals surface area contributed by atoms with Crippen molar-refractivity contribution in [1.29, 1.82) is 0 Å². The fourth-order valence-electron chi connectivity index (χ4n) is 2.09. The van der Waals surface area contributed by atoms with Crippen LogP contribution in [0.5, 0.6) is 0 Å². The first-order chi connectivity index (χ1) is 10.0. The number of nitrogens with zero attached hydrogens (tertiary/aromatic N) is 6. The normalized spacial score (nSPS) is 17.9. The smallest absolute Gasteiger partial charge is 0.428 e. The molecule has 0 saturated heterocycles. The van der Waals surface area contributed by atoms with E-state index in [1.54, 1.807) is 31.2 Å². The van der Waals surface area contributed by atoms with Crippen LogP contribution >= 0.6 is 11.6 Å². The van der Waals surface area contributed by atoms with Gasteiger partial charge in [0.15, 0.2) is 5.82 Å². The van der Waals surface area contributed by atoms with Crippen LogP contribution in [0, 0.1) is 6.92 Å². The van der Waals surface area contributed by atoms with Gasteiger partial charge in [0.05, 0.1) is 12.3 Å². The Labute approximate surface area is 124 Å². The molecule has 8 nitrogen and oxygen atoms in total. The van der Waals surface area contributed by atoms with E-state index in [-0.39, 0.29) is 6.54 Å². The maximum absolute atomic E-state index is 11.1. The van der Waals surface area contributed by atoms with Crippen molar-refractivity contribution in [2.45, 2.75) is 13.0 Å². The highest BCUT2D eigenvalue weighted by Gasteiger charge is 2.34. The molecule has 1 atom stereocenters. The Balaban J connectivity index is 2.01. The van der Waals surface area contributed by atoms with E-state index < -0.39 is 12.1 Å². The summed E-state index contributed by atoms with van der Waals surface area (Å²) in [7, 11) is 0. The van der Waals surface area contributed by atoms with Gasteiger partial charge >= 0.3 is 6.09 Å². The molecule has 9 heteroatoms. The van der Waals surface area contributed by atoms with Gasteiger partial charge in [0.2, 0.25) is 0 Å². The summed E-state index contributed by atoms with van der Waals surface area (Å²) in [4.78, 5) is 12.5. The van der Waals surface area contributed by atoms with Crippen molar-refractivity contribution in [2.75, 3.05) is 6.54 Å². The lowest BCUT2D eigenvalue weighted by Crippen LogP contribution is -2.28. The van der Waals surface area contributed by atoms with Gasteiger partial charge in [-0.25, -0.2) is 4.79 Å². The topological polar surface area (TPSA) is 96.5 Å². The monoisotopic (exact) mass is 306 g/mol. The predicted molar refractivity (Wildman–Crippen MR) is 74.3 cm³/mol. The number of hydrogen-bond donors (Lipinski definition) is 1. The third kappa shape index (κ3) is 2.57. The summed E-state index contributed by atoms with van der Waals surface area (Å²) in [6, 6.07) is 6.59. The van der Waals surface area contributed by atoms with Crippen LogP contribution in [0.25, 0.3) is 0 Å². The lowest BCUT2D eigenvalue weighted by Gasteiger charge is -2.11. The van der Waals surface area contributed by atoms with Crippen LogP contribution in [0.1, 0.15) is 17.4 Å². The van der Waals surface area contributed by atoms with E-state index in [1.807, 2.05) is 0 Å². The Morgan fingerprint density at radius 2 is 2.10 bits per heavy atom. The van der Waals surface area contributed by atoms with Gasteiger partial charge in [-0.1, -0.05) is 23.7 Å². The van der Waals surface area contributed by atoms with Gasteiger partial charge in [0.25, 0.3) is 0 Å². The Bertz CT molecular complexity index is 711. The number of hydrogen-bond acceptors (Lipinski definition) is 5. The molecule has 0 radical (unpaired) electrons. The highest BCUT2D eigenvalue weighted by Crippen LogP contribution is 2.23. The zero-order valence-electron chi connectivity index (χ0n) is 11.0. The Morgan fingerprint density at radius 1 is 1.38 bits per heavy atom. The molecule has 1 aliphatic heterocycles. The first-order valence-electron chi connectivity index (χ1n) is 6.15. The van der Waals surface area contributed by atoms with Crippen molar-refractivity contribution in [1.82, 2.24) is 25.2 Å². The fourth-order valence-corrected chi connectivity index (χ4v) is 2.22. The molecule has 1 unspecified atom stereocenters. The van der Waals surface area contributed by atoms with Crippen LogP contribution in [-0.2, 0) is 0 Å². The van der Waals surface area contributed by atoms with Gasteiger partial charge in [-0.2, -0.15) is 14.9 Å². The third-order valence-corrected chi connectivity index (χ3v) is 3.31. The first kappa shape index (κ1) is 13.5. The zero-order chi connectivity index (χ0) is 15.0. The fraction of sp³-hybridized carbons (Fsp3) is 0.250. The minimum Gasteiger partial charge on any atom is -0.464 e. The van der Waals surface area contributed by atoms with Crippen LogP contribution in [0.2, 0.25) is 5.02 Å². The summed E-state index contributed by atoms with van der Waals surface area (Å²) < 4.78 is 0. The number of amides is 1. The van der Waals surface area contributed by atoms with Gasteiger partial charge in [-0.15, -0.1) is 10.2 Å². The molecule has 0 spiro atoms. The van der Waals surface area contributed by atoms with E-state index in [2.05, 4.69) is 20.5 Å². The van der Waals surface area contributed by atoms with Crippen molar-refractivity contribution in [3.63, 3.8) is 0 Å². The van der Waals surface area contributed by atoms with Gasteiger partial charge in [-0.05, 0) is 24.3 Å². The van der Waals surface area contributed by atoms with Gasteiger partial charge in [0.1, 0.15) is 6.04 Å². The molecule has 108 valence electrons. The highest BCUT2D eigenvalue weighted by atomic mass is 35.5. The maximum Gasteiger partial charge on any atom is 0.428 e. The summed E-state index contributed by atoms with van der Waals surface area (Å²) in [6.45, 7) is 1.86. The molecule has 2 aromatic rings. The quantitative estimate of drug-likeness (QED) is 0.908. The molecule has 1 aliphatic rings. The molecule has 0 fully saturated rings. The molecule has 1 amide bonds. The lowest BCUT2D eigenvalue weighted by molar-refractivity contribution is 0.148. The van der Waals surface area contributed by atoms with E-state index in [9.17, 15) is 4.79 Å². The molecular formula is C12H11ClN6O2. The van der Waals surface area contributed by atoms with Crippen LogP contribution in [0.3, 0.4) is 0 Å². The van der Waals surface area contributed by atoms with Crippen LogP contribution in [-0.4, -0.2) is 48.7 Å². The molecular weight excluding hydrogens is 296 g/mol. The number of carbonyl (C=O) groups is 1. The minimum atomic E-state index is -1.12. The van der Waals surface area contributed by atoms with E-state index in [0.717, 1.165) is 10.6 Å². The van der Waals surface area contributed by atoms with Crippen LogP contribution in [0.15, 0.2) is 29.4 Å². The Morgan fingerprint density at radius 3 is 2.67 bits per heavy atom. The number of carboxylic acid groups (broad SMARTS) is 1. The molecule has 0 aliphatic carbocycles. The standard InChI is InChI=1S/C12H11ClN6O2/c1-7-14-17-19(15-7)10-6-18(12(20)21)16-11(10)8-2-4-9(13)5-3-8/h2-5,10H,6H2,1H3,(H,20,21). The number of aryl methyl sites for hydroxylation is 1. The second-order valence-corrected chi connectivity index (χ2v) is 4.97. The molecule has 1 N–H and O–H groups in total. The molecule has 3 rings (SSSR count). The molecule has 1 aromatic carbocycles. The summed E-state index contributed by atoms with van der Waals surface area (Å²) in [5.41, 5.74) is 1.33. The van der Waals surface area contributed by atoms with E-state index in [0.29, 0.717) is 16.6 Å². The van der Waals surface area contributed by atoms with Crippen LogP contribution in [0.4, 0.5) is 4.79 Å². The first-order valence-corrected chi connectivity index (χ1v) is 6.53. The Kier molecular flexibility index (Phi) is 3.30. The lowest BCUT2D eigenvalue weighted by atomic mass is 10.0. The molecule has 0 saturated carbocycles. The number of hydrazone groups is 1. The second kappa shape index (κ2) is 5.13. The average molecular weight is 307 g/mol. The van der Waals surface area contributed by atoms with Crippen molar-refractivity contribution in [3.8, 4) is 0 Å². The zero-order valence-corrected chi connectivity index (χ0v) is 11.8. The molecule has 1 aromatic heterocycles. The number of tetrazole rings is 1. The summed E-state index contributed by atoms with van der Waals surface area (Å²) >= 11 is 5.87. The van der Waals surface area contributed by atoms with Crippen molar-refractivity contribution in [3.05, 3.63) is 40.7 Å². The average Bonchev–Trinajstić information content (AvgIpc) is 3.05. The second-order valence-electron chi connectivity index (χ2n) is 4.53. The van der Waals surface area contributed by atoms with Gasteiger partial charge in [-0.3, -0.25) is 0 Å². The Hall–Kier alpha value is -2.48. The minimum absolute atomic E-state index is 0.142. The molecule has 21 heavy (non-hydrogen) atoms. The number of benzene rings is 1. The predicted octanol–water partition coefficient (Wildman–Crippen LogP) is 1.57. The summed E-state index contributed by atoms with van der Waals surface area (Å²) in [5, 5.41) is 26.7. The van der Waals surface area contributed by atoms with Gasteiger partial charge in [0, 0.05) is 10.6 Å². The van der Waals surface area contributed by atoms with Crippen molar-refractivity contribution in [2.24, 2.45) is 5.10 Å². The number of aromatic nitrogens is 4. The highest BCUT2D eigenvalue weighted by molar-refractivity contribution is 6.30. The molecule has 0 bridgehead atoms. The third-order valence-electron chi connectivity index (χ3n) is 3.06. The summed E-state index contributed by atoms with van der Waals surface area (Å²) in [6.07, 6.45) is -1.12. The van der Waals surface area contributed by atoms with E-state index in [1.165, 1.54) is 4.80 Å². The molecule has 2 heterocycles. The van der Waals surface area contributed by atoms with Crippen molar-refractivity contribution >= 4 is 23.4 Å². The number of rotatable bonds is 2. The summed E-state index contributed by atoms with van der Waals surface area (Å²) in [5.74, 6) is 0.513. The van der Waals surface area contributed by atoms with Crippen LogP contribution < -0.4 is 0 Å². The van der Waals surface area contributed by atoms with Gasteiger partial charge < -0.3 is 5.11 Å². The SMILES string of the molecule is Cc1nnn(C2CN(C(=O)O)N=C2c2ccc(Cl)cc2)n1. The van der Waals surface area contributed by atoms with Crippen molar-refractivity contribution < 1.29 is 9.90 Å².